The first-order valence-electron chi connectivity index (χ1n) is 14.3. The van der Waals surface area contributed by atoms with Gasteiger partial charge in [0.25, 0.3) is 11.8 Å². The highest BCUT2D eigenvalue weighted by Crippen LogP contribution is 2.34. The van der Waals surface area contributed by atoms with Crippen molar-refractivity contribution in [1.82, 2.24) is 5.43 Å². The summed E-state index contributed by atoms with van der Waals surface area (Å²) < 4.78 is 21.9. The maximum Gasteiger partial charge on any atom is 0.273 e. The molecule has 45 heavy (non-hydrogen) atoms. The standard InChI is InChI=1S/C33H41N3O8S/c1-22-8-9-24(14-23(22)2)18-34-36-33(40)28-16-30(43-12-10-41-3)31(44-13-11-42-4)17-29(28)35-32(39)26-7-5-6-25(15-26)20-45-21-27(38)19-37/h5-9,14-18,27,37-38H,10-13,19-21H2,1-4H3,(H,35,39)(H,36,40). The van der Waals surface area contributed by atoms with Crippen LogP contribution in [0.25, 0.3) is 0 Å². The number of methoxy groups -OCH3 is 2. The van der Waals surface area contributed by atoms with Crippen molar-refractivity contribution in [3.8, 4) is 11.5 Å². The fourth-order valence-corrected chi connectivity index (χ4v) is 4.89. The highest BCUT2D eigenvalue weighted by molar-refractivity contribution is 7.98. The molecule has 12 heteroatoms. The summed E-state index contributed by atoms with van der Waals surface area (Å²) in [7, 11) is 3.11. The molecular weight excluding hydrogens is 598 g/mol. The number of hydrazone groups is 1. The van der Waals surface area contributed by atoms with E-state index in [1.54, 1.807) is 38.6 Å². The molecule has 0 aromatic heterocycles. The molecule has 0 saturated heterocycles. The molecule has 2 amide bonds. The zero-order chi connectivity index (χ0) is 32.6. The SMILES string of the molecule is COCCOc1cc(NC(=O)c2cccc(CSCC(O)CO)c2)c(C(=O)NN=Cc2ccc(C)c(C)c2)cc1OCCOC. The Morgan fingerprint density at radius 2 is 1.62 bits per heavy atom. The van der Waals surface area contributed by atoms with Crippen LogP contribution in [0, 0.1) is 13.8 Å². The van der Waals surface area contributed by atoms with Gasteiger partial charge in [-0.15, -0.1) is 0 Å². The first-order chi connectivity index (χ1) is 21.7. The Balaban J connectivity index is 1.90. The molecule has 0 aliphatic carbocycles. The lowest BCUT2D eigenvalue weighted by Gasteiger charge is -2.17. The average molecular weight is 640 g/mol. The number of aliphatic hydroxyl groups excluding tert-OH is 2. The van der Waals surface area contributed by atoms with Gasteiger partial charge in [-0.3, -0.25) is 9.59 Å². The summed E-state index contributed by atoms with van der Waals surface area (Å²) in [6.45, 7) is 4.74. The number of hydrogen-bond acceptors (Lipinski definition) is 10. The summed E-state index contributed by atoms with van der Waals surface area (Å²) in [6, 6.07) is 15.9. The van der Waals surface area contributed by atoms with Crippen molar-refractivity contribution >= 4 is 35.5 Å². The van der Waals surface area contributed by atoms with Crippen molar-refractivity contribution < 1.29 is 38.7 Å². The quantitative estimate of drug-likeness (QED) is 0.0923. The van der Waals surface area contributed by atoms with Crippen molar-refractivity contribution in [1.29, 1.82) is 0 Å². The Morgan fingerprint density at radius 3 is 2.29 bits per heavy atom. The predicted molar refractivity (Wildman–Crippen MR) is 176 cm³/mol. The van der Waals surface area contributed by atoms with Crippen LogP contribution in [0.4, 0.5) is 5.69 Å². The molecule has 3 rings (SSSR count). The number of amides is 2. The van der Waals surface area contributed by atoms with Gasteiger partial charge < -0.3 is 34.5 Å². The van der Waals surface area contributed by atoms with Gasteiger partial charge >= 0.3 is 0 Å². The molecule has 0 aliphatic heterocycles. The molecule has 11 nitrogen and oxygen atoms in total. The van der Waals surface area contributed by atoms with E-state index in [2.05, 4.69) is 15.8 Å². The lowest BCUT2D eigenvalue weighted by atomic mass is 10.1. The molecule has 0 aliphatic rings. The Bertz CT molecular complexity index is 1450. The fraction of sp³-hybridized carbons (Fsp3) is 0.364. The van der Waals surface area contributed by atoms with Crippen LogP contribution < -0.4 is 20.2 Å². The summed E-state index contributed by atoms with van der Waals surface area (Å²) in [5, 5.41) is 25.6. The number of anilines is 1. The van der Waals surface area contributed by atoms with Crippen molar-refractivity contribution in [3.63, 3.8) is 0 Å². The van der Waals surface area contributed by atoms with Crippen molar-refractivity contribution in [3.05, 3.63) is 88.0 Å². The molecule has 242 valence electrons. The van der Waals surface area contributed by atoms with Crippen LogP contribution in [0.15, 0.2) is 59.7 Å². The van der Waals surface area contributed by atoms with E-state index in [1.807, 2.05) is 38.1 Å². The second kappa shape index (κ2) is 18.8. The molecule has 3 aromatic carbocycles. The number of aliphatic hydroxyl groups is 2. The smallest absolute Gasteiger partial charge is 0.273 e. The minimum Gasteiger partial charge on any atom is -0.487 e. The van der Waals surface area contributed by atoms with Crippen LogP contribution in [0.5, 0.6) is 11.5 Å². The molecule has 0 bridgehead atoms. The molecule has 1 atom stereocenters. The normalized spacial score (nSPS) is 11.8. The van der Waals surface area contributed by atoms with Crippen LogP contribution in [0.2, 0.25) is 0 Å². The number of carbonyl (C=O) groups is 2. The number of nitrogens with zero attached hydrogens (tertiary/aromatic N) is 1. The number of carbonyl (C=O) groups excluding carboxylic acids is 2. The molecule has 0 radical (unpaired) electrons. The first-order valence-corrected chi connectivity index (χ1v) is 15.5. The fourth-order valence-electron chi connectivity index (χ4n) is 3.98. The van der Waals surface area contributed by atoms with E-state index in [9.17, 15) is 14.7 Å². The molecule has 4 N–H and O–H groups in total. The van der Waals surface area contributed by atoms with Crippen LogP contribution in [-0.4, -0.2) is 87.4 Å². The number of benzene rings is 3. The van der Waals surface area contributed by atoms with Gasteiger partial charge in [0, 0.05) is 37.4 Å². The monoisotopic (exact) mass is 639 g/mol. The molecule has 0 fully saturated rings. The lowest BCUT2D eigenvalue weighted by Crippen LogP contribution is -2.22. The molecule has 0 heterocycles. The molecule has 0 saturated carbocycles. The predicted octanol–water partition coefficient (Wildman–Crippen LogP) is 3.96. The third-order valence-corrected chi connectivity index (χ3v) is 7.71. The summed E-state index contributed by atoms with van der Waals surface area (Å²) in [4.78, 5) is 26.9. The number of aryl methyl sites for hydroxylation is 2. The Morgan fingerprint density at radius 1 is 0.911 bits per heavy atom. The Kier molecular flexibility index (Phi) is 14.8. The zero-order valence-electron chi connectivity index (χ0n) is 26.0. The third-order valence-electron chi connectivity index (χ3n) is 6.56. The highest BCUT2D eigenvalue weighted by atomic mass is 32.2. The molecular formula is C33H41N3O8S. The summed E-state index contributed by atoms with van der Waals surface area (Å²) in [6.07, 6.45) is 0.738. The minimum atomic E-state index is -0.807. The lowest BCUT2D eigenvalue weighted by molar-refractivity contribution is 0.0955. The van der Waals surface area contributed by atoms with Crippen molar-refractivity contribution in [2.24, 2.45) is 5.10 Å². The van der Waals surface area contributed by atoms with Gasteiger partial charge in [0.15, 0.2) is 11.5 Å². The first kappa shape index (κ1) is 35.5. The highest BCUT2D eigenvalue weighted by Gasteiger charge is 2.20. The van der Waals surface area contributed by atoms with E-state index in [0.29, 0.717) is 36.0 Å². The Hall–Kier alpha value is -3.94. The van der Waals surface area contributed by atoms with Gasteiger partial charge in [-0.1, -0.05) is 30.3 Å². The van der Waals surface area contributed by atoms with Crippen molar-refractivity contribution in [2.75, 3.05) is 58.3 Å². The number of ether oxygens (including phenoxy) is 4. The largest absolute Gasteiger partial charge is 0.487 e. The minimum absolute atomic E-state index is 0.108. The van der Waals surface area contributed by atoms with Gasteiger partial charge in [0.05, 0.1) is 43.4 Å². The van der Waals surface area contributed by atoms with Gasteiger partial charge in [0.1, 0.15) is 13.2 Å². The van der Waals surface area contributed by atoms with Crippen LogP contribution in [0.3, 0.4) is 0 Å². The molecule has 3 aromatic rings. The summed E-state index contributed by atoms with van der Waals surface area (Å²) in [5.41, 5.74) is 7.15. The van der Waals surface area contributed by atoms with E-state index in [4.69, 9.17) is 24.1 Å². The second-order valence-corrected chi connectivity index (χ2v) is 11.1. The number of hydrogen-bond donors (Lipinski definition) is 4. The van der Waals surface area contributed by atoms with E-state index < -0.39 is 17.9 Å². The van der Waals surface area contributed by atoms with Crippen molar-refractivity contribution in [2.45, 2.75) is 25.7 Å². The maximum absolute atomic E-state index is 13.4. The summed E-state index contributed by atoms with van der Waals surface area (Å²) >= 11 is 1.44. The number of thioether (sulfide) groups is 1. The van der Waals surface area contributed by atoms with E-state index in [0.717, 1.165) is 22.3 Å². The number of nitrogens with one attached hydrogen (secondary N) is 2. The molecule has 0 spiro atoms. The maximum atomic E-state index is 13.4. The van der Waals surface area contributed by atoms with E-state index in [1.165, 1.54) is 23.9 Å². The zero-order valence-corrected chi connectivity index (χ0v) is 26.8. The number of rotatable bonds is 18. The van der Waals surface area contributed by atoms with Gasteiger partial charge in [-0.05, 0) is 54.3 Å². The molecule has 1 unspecified atom stereocenters. The van der Waals surface area contributed by atoms with Gasteiger partial charge in [-0.2, -0.15) is 16.9 Å². The van der Waals surface area contributed by atoms with E-state index >= 15 is 0 Å². The van der Waals surface area contributed by atoms with Crippen LogP contribution >= 0.6 is 11.8 Å². The van der Waals surface area contributed by atoms with Gasteiger partial charge in [-0.25, -0.2) is 5.43 Å². The van der Waals surface area contributed by atoms with Crippen LogP contribution in [-0.2, 0) is 15.2 Å². The Labute approximate surface area is 267 Å². The second-order valence-electron chi connectivity index (χ2n) is 10.1. The topological polar surface area (TPSA) is 148 Å². The average Bonchev–Trinajstić information content (AvgIpc) is 3.03. The van der Waals surface area contributed by atoms with Gasteiger partial charge in [0.2, 0.25) is 0 Å². The third kappa shape index (κ3) is 11.5. The van der Waals surface area contributed by atoms with Crippen LogP contribution in [0.1, 0.15) is 43.0 Å². The summed E-state index contributed by atoms with van der Waals surface area (Å²) in [5.74, 6) is 0.478. The van der Waals surface area contributed by atoms with E-state index in [-0.39, 0.29) is 36.8 Å².